The van der Waals surface area contributed by atoms with Gasteiger partial charge in [-0.25, -0.2) is 8.78 Å². The van der Waals surface area contributed by atoms with Crippen LogP contribution in [-0.4, -0.2) is 26.4 Å². The van der Waals surface area contributed by atoms with E-state index in [1.807, 2.05) is 6.92 Å². The molecule has 0 radical (unpaired) electrons. The van der Waals surface area contributed by atoms with E-state index < -0.39 is 11.7 Å². The average molecular weight is 423 g/mol. The van der Waals surface area contributed by atoms with Gasteiger partial charge in [0.25, 0.3) is 5.91 Å². The summed E-state index contributed by atoms with van der Waals surface area (Å²) in [6, 6.07) is 9.93. The molecule has 2 aromatic carbocycles. The molecule has 9 heteroatoms. The van der Waals surface area contributed by atoms with Crippen molar-refractivity contribution < 1.29 is 13.6 Å². The smallest absolute Gasteiger partial charge is 0.256 e. The first kappa shape index (κ1) is 20.3. The Labute approximate surface area is 170 Å². The summed E-state index contributed by atoms with van der Waals surface area (Å²) >= 11 is 7.44. The highest BCUT2D eigenvalue weighted by Crippen LogP contribution is 2.23. The van der Waals surface area contributed by atoms with E-state index in [4.69, 9.17) is 11.6 Å². The van der Waals surface area contributed by atoms with Crippen LogP contribution in [0.3, 0.4) is 0 Å². The van der Waals surface area contributed by atoms with Crippen molar-refractivity contribution in [2.75, 3.05) is 5.75 Å². The molecule has 1 amide bonds. The molecule has 0 atom stereocenters. The Kier molecular flexibility index (Phi) is 6.64. The quantitative estimate of drug-likeness (QED) is 0.564. The molecule has 0 aliphatic rings. The predicted molar refractivity (Wildman–Crippen MR) is 105 cm³/mol. The molecule has 1 N–H and O–H groups in total. The molecule has 0 unspecified atom stereocenters. The zero-order valence-electron chi connectivity index (χ0n) is 15.0. The predicted octanol–water partition coefficient (Wildman–Crippen LogP) is 4.63. The number of hydrogen-bond donors (Lipinski definition) is 1. The third kappa shape index (κ3) is 4.51. The lowest BCUT2D eigenvalue weighted by Gasteiger charge is -2.11. The fourth-order valence-corrected chi connectivity index (χ4v) is 3.59. The van der Waals surface area contributed by atoms with Gasteiger partial charge in [-0.05, 0) is 42.8 Å². The van der Waals surface area contributed by atoms with E-state index in [9.17, 15) is 13.6 Å². The van der Waals surface area contributed by atoms with Crippen LogP contribution in [0.15, 0.2) is 47.6 Å². The van der Waals surface area contributed by atoms with E-state index in [1.54, 1.807) is 16.7 Å². The molecule has 0 aliphatic heterocycles. The lowest BCUT2D eigenvalue weighted by Crippen LogP contribution is -2.26. The number of nitrogens with one attached hydrogen (secondary N) is 1. The number of carbonyl (C=O) groups is 1. The number of benzene rings is 2. The minimum absolute atomic E-state index is 0.000554. The summed E-state index contributed by atoms with van der Waals surface area (Å²) in [5, 5.41) is 11.6. The van der Waals surface area contributed by atoms with Crippen LogP contribution in [0, 0.1) is 11.6 Å². The van der Waals surface area contributed by atoms with Crippen LogP contribution in [0.5, 0.6) is 0 Å². The van der Waals surface area contributed by atoms with Gasteiger partial charge in [-0.1, -0.05) is 36.4 Å². The summed E-state index contributed by atoms with van der Waals surface area (Å²) in [6.07, 6.45) is 0.943. The number of aromatic nitrogens is 3. The summed E-state index contributed by atoms with van der Waals surface area (Å²) in [6.45, 7) is 2.05. The Hall–Kier alpha value is -2.45. The monoisotopic (exact) mass is 422 g/mol. The summed E-state index contributed by atoms with van der Waals surface area (Å²) < 4.78 is 29.0. The average Bonchev–Trinajstić information content (AvgIpc) is 3.08. The van der Waals surface area contributed by atoms with Crippen molar-refractivity contribution in [3.63, 3.8) is 0 Å². The molecule has 0 spiro atoms. The Morgan fingerprint density at radius 3 is 2.61 bits per heavy atom. The second-order valence-corrected chi connectivity index (χ2v) is 7.31. The third-order valence-corrected chi connectivity index (χ3v) is 5.27. The van der Waals surface area contributed by atoms with Crippen LogP contribution >= 0.6 is 23.4 Å². The van der Waals surface area contributed by atoms with Crippen molar-refractivity contribution in [1.29, 1.82) is 0 Å². The minimum atomic E-state index is -0.704. The number of amides is 1. The highest BCUT2D eigenvalue weighted by atomic mass is 35.5. The largest absolute Gasteiger partial charge is 0.345 e. The van der Waals surface area contributed by atoms with Crippen LogP contribution in [0.2, 0.25) is 5.02 Å². The fraction of sp³-hybridized carbons (Fsp3) is 0.211. The molecule has 0 saturated carbocycles. The molecule has 3 rings (SSSR count). The minimum Gasteiger partial charge on any atom is -0.345 e. The van der Waals surface area contributed by atoms with E-state index in [-0.39, 0.29) is 22.9 Å². The van der Waals surface area contributed by atoms with Gasteiger partial charge in [-0.2, -0.15) is 0 Å². The van der Waals surface area contributed by atoms with Crippen molar-refractivity contribution in [3.05, 3.63) is 70.5 Å². The zero-order valence-corrected chi connectivity index (χ0v) is 16.5. The lowest BCUT2D eigenvalue weighted by atomic mass is 10.2. The zero-order chi connectivity index (χ0) is 20.1. The molecule has 28 heavy (non-hydrogen) atoms. The fourth-order valence-electron chi connectivity index (χ4n) is 2.51. The summed E-state index contributed by atoms with van der Waals surface area (Å²) in [5.41, 5.74) is 0.441. The molecule has 0 fully saturated rings. The molecule has 1 aromatic heterocycles. The standard InChI is InChI=1S/C19H17ClF2N4OS/c1-2-10-28-19-25-24-16(26(19)13-8-6-12(21)7-9-13)11-23-18(27)17-14(20)4-3-5-15(17)22/h3-9H,2,10-11H2,1H3,(H,23,27). The highest BCUT2D eigenvalue weighted by Gasteiger charge is 2.18. The normalized spacial score (nSPS) is 10.9. The molecule has 1 heterocycles. The second-order valence-electron chi connectivity index (χ2n) is 5.84. The number of rotatable bonds is 7. The molecule has 0 saturated heterocycles. The number of thioether (sulfide) groups is 1. The number of hydrogen-bond acceptors (Lipinski definition) is 4. The van der Waals surface area contributed by atoms with Crippen molar-refractivity contribution in [2.45, 2.75) is 25.0 Å². The van der Waals surface area contributed by atoms with Crippen molar-refractivity contribution >= 4 is 29.3 Å². The first-order valence-electron chi connectivity index (χ1n) is 8.56. The van der Waals surface area contributed by atoms with Gasteiger partial charge in [0.1, 0.15) is 11.6 Å². The number of carbonyl (C=O) groups excluding carboxylic acids is 1. The van der Waals surface area contributed by atoms with Crippen molar-refractivity contribution in [1.82, 2.24) is 20.1 Å². The van der Waals surface area contributed by atoms with E-state index in [2.05, 4.69) is 15.5 Å². The summed E-state index contributed by atoms with van der Waals surface area (Å²) in [5.74, 6) is -0.449. The van der Waals surface area contributed by atoms with Gasteiger partial charge in [0.15, 0.2) is 11.0 Å². The molecule has 0 bridgehead atoms. The van der Waals surface area contributed by atoms with Crippen LogP contribution in [0.25, 0.3) is 5.69 Å². The topological polar surface area (TPSA) is 59.8 Å². The van der Waals surface area contributed by atoms with Gasteiger partial charge >= 0.3 is 0 Å². The first-order valence-corrected chi connectivity index (χ1v) is 9.93. The molecule has 3 aromatic rings. The maximum absolute atomic E-state index is 13.9. The van der Waals surface area contributed by atoms with Crippen molar-refractivity contribution in [2.24, 2.45) is 0 Å². The van der Waals surface area contributed by atoms with Gasteiger partial charge in [0.05, 0.1) is 17.1 Å². The lowest BCUT2D eigenvalue weighted by molar-refractivity contribution is 0.0946. The van der Waals surface area contributed by atoms with E-state index in [0.29, 0.717) is 16.7 Å². The summed E-state index contributed by atoms with van der Waals surface area (Å²) in [7, 11) is 0. The van der Waals surface area contributed by atoms with Gasteiger partial charge < -0.3 is 5.32 Å². The van der Waals surface area contributed by atoms with Gasteiger partial charge in [-0.3, -0.25) is 9.36 Å². The second kappa shape index (κ2) is 9.16. The summed E-state index contributed by atoms with van der Waals surface area (Å²) in [4.78, 5) is 12.4. The van der Waals surface area contributed by atoms with E-state index >= 15 is 0 Å². The maximum atomic E-state index is 13.9. The third-order valence-electron chi connectivity index (χ3n) is 3.82. The molecule has 0 aliphatic carbocycles. The first-order chi connectivity index (χ1) is 13.5. The number of nitrogens with zero attached hydrogens (tertiary/aromatic N) is 3. The maximum Gasteiger partial charge on any atom is 0.256 e. The number of halogens is 3. The Morgan fingerprint density at radius 1 is 1.18 bits per heavy atom. The van der Waals surface area contributed by atoms with Crippen LogP contribution in [0.1, 0.15) is 29.5 Å². The molecular formula is C19H17ClF2N4OS. The van der Waals surface area contributed by atoms with Gasteiger partial charge in [0.2, 0.25) is 0 Å². The molecule has 146 valence electrons. The van der Waals surface area contributed by atoms with E-state index in [1.165, 1.54) is 42.1 Å². The Balaban J connectivity index is 1.86. The molecule has 5 nitrogen and oxygen atoms in total. The Bertz CT molecular complexity index is 958. The van der Waals surface area contributed by atoms with Gasteiger partial charge in [-0.15, -0.1) is 10.2 Å². The van der Waals surface area contributed by atoms with Crippen molar-refractivity contribution in [3.8, 4) is 5.69 Å². The van der Waals surface area contributed by atoms with Crippen LogP contribution in [0.4, 0.5) is 8.78 Å². The Morgan fingerprint density at radius 2 is 1.93 bits per heavy atom. The van der Waals surface area contributed by atoms with Crippen LogP contribution < -0.4 is 5.32 Å². The SMILES string of the molecule is CCCSc1nnc(CNC(=O)c2c(F)cccc2Cl)n1-c1ccc(F)cc1. The van der Waals surface area contributed by atoms with Gasteiger partial charge in [0, 0.05) is 11.4 Å². The highest BCUT2D eigenvalue weighted by molar-refractivity contribution is 7.99. The molecular weight excluding hydrogens is 406 g/mol. The van der Waals surface area contributed by atoms with Crippen LogP contribution in [-0.2, 0) is 6.54 Å². The van der Waals surface area contributed by atoms with E-state index in [0.717, 1.165) is 12.2 Å².